The Morgan fingerprint density at radius 2 is 1.97 bits per heavy atom. The Kier molecular flexibility index (Phi) is 6.41. The number of aromatic amines is 1. The number of H-pyrrole nitrogens is 1. The third-order valence-electron chi connectivity index (χ3n) is 5.37. The number of nitrogens with zero attached hydrogens (tertiary/aromatic N) is 5. The molecule has 3 heterocycles. The predicted octanol–water partition coefficient (Wildman–Crippen LogP) is 3.15. The number of ether oxygens (including phenoxy) is 1. The van der Waals surface area contributed by atoms with E-state index in [1.54, 1.807) is 0 Å². The first-order valence-corrected chi connectivity index (χ1v) is 10.3. The number of likely N-dealkylation sites (tertiary alicyclic amines) is 1. The second kappa shape index (κ2) is 9.38. The zero-order valence-corrected chi connectivity index (χ0v) is 17.7. The number of rotatable bonds is 8. The van der Waals surface area contributed by atoms with Gasteiger partial charge in [-0.3, -0.25) is 10.00 Å². The van der Waals surface area contributed by atoms with E-state index in [0.717, 1.165) is 55.1 Å². The summed E-state index contributed by atoms with van der Waals surface area (Å²) in [4.78, 5) is 13.0. The molecule has 0 saturated carbocycles. The van der Waals surface area contributed by atoms with Crippen molar-refractivity contribution in [3.05, 3.63) is 65.2 Å². The van der Waals surface area contributed by atoms with Crippen molar-refractivity contribution in [1.82, 2.24) is 25.1 Å². The van der Waals surface area contributed by atoms with Crippen molar-refractivity contribution in [2.45, 2.75) is 25.3 Å². The summed E-state index contributed by atoms with van der Waals surface area (Å²) >= 11 is 0. The summed E-state index contributed by atoms with van der Waals surface area (Å²) in [5.74, 6) is -0.394. The Hall–Kier alpha value is -3.07. The molecule has 1 fully saturated rings. The molecule has 0 spiro atoms. The first-order chi connectivity index (χ1) is 15.0. The normalized spacial score (nSPS) is 16.6. The Bertz CT molecular complexity index is 1010. The summed E-state index contributed by atoms with van der Waals surface area (Å²) in [6, 6.07) is 5.61. The smallest absolute Gasteiger partial charge is 0.224 e. The van der Waals surface area contributed by atoms with Crippen LogP contribution in [0.1, 0.15) is 29.3 Å². The fourth-order valence-corrected chi connectivity index (χ4v) is 3.70. The summed E-state index contributed by atoms with van der Waals surface area (Å²) < 4.78 is 31.7. The molecule has 4 rings (SSSR count). The first-order valence-electron chi connectivity index (χ1n) is 10.3. The molecule has 0 amide bonds. The van der Waals surface area contributed by atoms with Gasteiger partial charge in [-0.05, 0) is 31.2 Å². The Balaban J connectivity index is 1.25. The SMILES string of the molecule is CN(C)c1ncc(CN2CCC(c3cc(CCOc4ccc(F)c(F)c4)[nH]n3)C2)cn1. The van der Waals surface area contributed by atoms with Crippen LogP contribution in [-0.2, 0) is 13.0 Å². The number of hydrogen-bond acceptors (Lipinski definition) is 6. The Labute approximate surface area is 180 Å². The van der Waals surface area contributed by atoms with Gasteiger partial charge in [0.1, 0.15) is 5.75 Å². The van der Waals surface area contributed by atoms with Crippen LogP contribution in [0.5, 0.6) is 5.75 Å². The zero-order chi connectivity index (χ0) is 21.8. The minimum atomic E-state index is -0.910. The highest BCUT2D eigenvalue weighted by molar-refractivity contribution is 5.27. The molecule has 1 saturated heterocycles. The number of anilines is 1. The number of benzene rings is 1. The average molecular weight is 428 g/mol. The predicted molar refractivity (Wildman–Crippen MR) is 113 cm³/mol. The molecule has 1 aliphatic heterocycles. The molecule has 7 nitrogen and oxygen atoms in total. The largest absolute Gasteiger partial charge is 0.493 e. The lowest BCUT2D eigenvalue weighted by molar-refractivity contribution is 0.317. The van der Waals surface area contributed by atoms with E-state index in [9.17, 15) is 8.78 Å². The van der Waals surface area contributed by atoms with E-state index in [-0.39, 0.29) is 0 Å². The second-order valence-electron chi connectivity index (χ2n) is 8.00. The van der Waals surface area contributed by atoms with Crippen LogP contribution in [0.15, 0.2) is 36.7 Å². The molecule has 1 unspecified atom stereocenters. The fourth-order valence-electron chi connectivity index (χ4n) is 3.70. The molecule has 31 heavy (non-hydrogen) atoms. The number of nitrogens with one attached hydrogen (secondary N) is 1. The van der Waals surface area contributed by atoms with Crippen LogP contribution in [0.25, 0.3) is 0 Å². The highest BCUT2D eigenvalue weighted by Gasteiger charge is 2.26. The van der Waals surface area contributed by atoms with Gasteiger partial charge in [0.25, 0.3) is 0 Å². The third-order valence-corrected chi connectivity index (χ3v) is 5.37. The van der Waals surface area contributed by atoms with Gasteiger partial charge in [0.05, 0.1) is 12.3 Å². The van der Waals surface area contributed by atoms with Gasteiger partial charge in [-0.25, -0.2) is 18.7 Å². The van der Waals surface area contributed by atoms with Gasteiger partial charge < -0.3 is 9.64 Å². The molecule has 3 aromatic rings. The molecule has 1 atom stereocenters. The average Bonchev–Trinajstić information content (AvgIpc) is 3.41. The molecule has 0 radical (unpaired) electrons. The third kappa shape index (κ3) is 5.35. The van der Waals surface area contributed by atoms with Crippen LogP contribution in [0.3, 0.4) is 0 Å². The van der Waals surface area contributed by atoms with Crippen LogP contribution in [-0.4, -0.2) is 58.9 Å². The lowest BCUT2D eigenvalue weighted by Gasteiger charge is -2.16. The van der Waals surface area contributed by atoms with E-state index < -0.39 is 11.6 Å². The molecule has 2 aromatic heterocycles. The summed E-state index contributed by atoms with van der Waals surface area (Å²) in [7, 11) is 3.85. The quantitative estimate of drug-likeness (QED) is 0.594. The van der Waals surface area contributed by atoms with Crippen molar-refractivity contribution >= 4 is 5.95 Å². The van der Waals surface area contributed by atoms with Crippen LogP contribution < -0.4 is 9.64 Å². The fraction of sp³-hybridized carbons (Fsp3) is 0.409. The summed E-state index contributed by atoms with van der Waals surface area (Å²) in [6.45, 7) is 3.11. The minimum absolute atomic E-state index is 0.313. The Morgan fingerprint density at radius 1 is 1.16 bits per heavy atom. The molecule has 1 N–H and O–H groups in total. The summed E-state index contributed by atoms with van der Waals surface area (Å²) in [5, 5.41) is 7.54. The monoisotopic (exact) mass is 428 g/mol. The van der Waals surface area contributed by atoms with Crippen molar-refractivity contribution < 1.29 is 13.5 Å². The van der Waals surface area contributed by atoms with E-state index in [0.29, 0.717) is 30.6 Å². The van der Waals surface area contributed by atoms with Gasteiger partial charge in [0, 0.05) is 69.2 Å². The minimum Gasteiger partial charge on any atom is -0.493 e. The van der Waals surface area contributed by atoms with Crippen molar-refractivity contribution in [2.75, 3.05) is 38.7 Å². The van der Waals surface area contributed by atoms with E-state index in [4.69, 9.17) is 4.74 Å². The highest BCUT2D eigenvalue weighted by atomic mass is 19.2. The van der Waals surface area contributed by atoms with Gasteiger partial charge in [0.15, 0.2) is 11.6 Å². The maximum absolute atomic E-state index is 13.2. The van der Waals surface area contributed by atoms with Crippen LogP contribution in [0.2, 0.25) is 0 Å². The van der Waals surface area contributed by atoms with Crippen molar-refractivity contribution in [3.63, 3.8) is 0 Å². The topological polar surface area (TPSA) is 70.2 Å². The van der Waals surface area contributed by atoms with Crippen LogP contribution in [0.4, 0.5) is 14.7 Å². The molecule has 9 heteroatoms. The number of aromatic nitrogens is 4. The molecular formula is C22H26F2N6O. The van der Waals surface area contributed by atoms with E-state index in [1.807, 2.05) is 31.4 Å². The lowest BCUT2D eigenvalue weighted by Crippen LogP contribution is -2.20. The Morgan fingerprint density at radius 3 is 2.71 bits per heavy atom. The zero-order valence-electron chi connectivity index (χ0n) is 17.7. The summed E-state index contributed by atoms with van der Waals surface area (Å²) in [6.07, 6.45) is 5.43. The molecular weight excluding hydrogens is 402 g/mol. The first kappa shape index (κ1) is 21.2. The molecule has 164 valence electrons. The molecule has 1 aromatic carbocycles. The molecule has 0 aliphatic carbocycles. The maximum Gasteiger partial charge on any atom is 0.224 e. The van der Waals surface area contributed by atoms with Gasteiger partial charge in [-0.15, -0.1) is 0 Å². The van der Waals surface area contributed by atoms with Crippen molar-refractivity contribution in [3.8, 4) is 5.75 Å². The van der Waals surface area contributed by atoms with Crippen LogP contribution >= 0.6 is 0 Å². The van der Waals surface area contributed by atoms with Crippen LogP contribution in [0, 0.1) is 11.6 Å². The lowest BCUT2D eigenvalue weighted by atomic mass is 10.0. The molecule has 0 bridgehead atoms. The number of halogens is 2. The second-order valence-corrected chi connectivity index (χ2v) is 8.00. The van der Waals surface area contributed by atoms with E-state index >= 15 is 0 Å². The standard InChI is InChI=1S/C22H26F2N6O/c1-29(2)22-25-11-15(12-26-22)13-30-7-5-16(14-30)21-9-17(27-28-21)6-8-31-18-3-4-19(23)20(24)10-18/h3-4,9-12,16H,5-8,13-14H2,1-2H3,(H,27,28). The van der Waals surface area contributed by atoms with Crippen molar-refractivity contribution in [1.29, 1.82) is 0 Å². The number of hydrogen-bond donors (Lipinski definition) is 1. The van der Waals surface area contributed by atoms with Crippen molar-refractivity contribution in [2.24, 2.45) is 0 Å². The molecule has 1 aliphatic rings. The maximum atomic E-state index is 13.2. The summed E-state index contributed by atoms with van der Waals surface area (Å²) in [5.41, 5.74) is 3.11. The van der Waals surface area contributed by atoms with Gasteiger partial charge >= 0.3 is 0 Å². The highest BCUT2D eigenvalue weighted by Crippen LogP contribution is 2.27. The van der Waals surface area contributed by atoms with Gasteiger partial charge in [-0.2, -0.15) is 5.10 Å². The van der Waals surface area contributed by atoms with E-state index in [2.05, 4.69) is 31.1 Å². The van der Waals surface area contributed by atoms with Gasteiger partial charge in [0.2, 0.25) is 5.95 Å². The van der Waals surface area contributed by atoms with E-state index in [1.165, 1.54) is 6.07 Å². The van der Waals surface area contributed by atoms with Gasteiger partial charge in [-0.1, -0.05) is 0 Å².